The van der Waals surface area contributed by atoms with Crippen molar-refractivity contribution < 1.29 is 19.4 Å². The van der Waals surface area contributed by atoms with Gasteiger partial charge in [-0.05, 0) is 30.5 Å². The van der Waals surface area contributed by atoms with Gasteiger partial charge in [-0.2, -0.15) is 0 Å². The number of benzene rings is 1. The number of aliphatic carboxylic acids is 1. The van der Waals surface area contributed by atoms with Crippen LogP contribution >= 0.6 is 0 Å². The second-order valence-corrected chi connectivity index (χ2v) is 5.67. The third kappa shape index (κ3) is 5.05. The third-order valence-corrected chi connectivity index (χ3v) is 3.17. The zero-order valence-corrected chi connectivity index (χ0v) is 13.5. The Morgan fingerprint density at radius 1 is 1.29 bits per heavy atom. The van der Waals surface area contributed by atoms with Crippen LogP contribution in [0.1, 0.15) is 30.6 Å². The largest absolute Gasteiger partial charge is 0.480 e. The van der Waals surface area contributed by atoms with Gasteiger partial charge in [0.15, 0.2) is 0 Å². The lowest BCUT2D eigenvalue weighted by atomic mass is 10.0. The molecule has 0 saturated heterocycles. The molecule has 2 rings (SSSR count). The normalized spacial score (nSPS) is 11.8. The molecule has 126 valence electrons. The van der Waals surface area contributed by atoms with Gasteiger partial charge in [0.25, 0.3) is 5.91 Å². The monoisotopic (exact) mass is 329 g/mol. The van der Waals surface area contributed by atoms with Gasteiger partial charge in [0.05, 0.1) is 6.20 Å². The summed E-state index contributed by atoms with van der Waals surface area (Å²) in [5.74, 6) is -0.647. The van der Waals surface area contributed by atoms with Gasteiger partial charge in [-0.3, -0.25) is 9.78 Å². The second kappa shape index (κ2) is 8.05. The second-order valence-electron chi connectivity index (χ2n) is 5.67. The van der Waals surface area contributed by atoms with Crippen molar-refractivity contribution >= 4 is 11.9 Å². The highest BCUT2D eigenvalue weighted by Gasteiger charge is 2.21. The smallest absolute Gasteiger partial charge is 0.326 e. The predicted octanol–water partition coefficient (Wildman–Crippen LogP) is 2.50. The molecule has 0 radical (unpaired) electrons. The molecule has 2 aromatic rings. The summed E-state index contributed by atoms with van der Waals surface area (Å²) in [4.78, 5) is 31.4. The molecule has 0 aliphatic carbocycles. The van der Waals surface area contributed by atoms with Crippen LogP contribution in [0.3, 0.4) is 0 Å². The first kappa shape index (κ1) is 17.4. The van der Waals surface area contributed by atoms with Crippen LogP contribution in [-0.2, 0) is 4.79 Å². The summed E-state index contributed by atoms with van der Waals surface area (Å²) in [7, 11) is 0. The Bertz CT molecular complexity index is 704. The van der Waals surface area contributed by atoms with Crippen LogP contribution in [0.15, 0.2) is 42.9 Å². The van der Waals surface area contributed by atoms with Crippen molar-refractivity contribution in [2.45, 2.75) is 26.3 Å². The molecule has 1 aromatic heterocycles. The maximum Gasteiger partial charge on any atom is 0.326 e. The number of aromatic nitrogens is 2. The van der Waals surface area contributed by atoms with E-state index in [1.165, 1.54) is 24.7 Å². The number of hydrogen-bond acceptors (Lipinski definition) is 5. The summed E-state index contributed by atoms with van der Waals surface area (Å²) < 4.78 is 5.52. The maximum absolute atomic E-state index is 12.3. The first-order valence-corrected chi connectivity index (χ1v) is 7.53. The van der Waals surface area contributed by atoms with Crippen LogP contribution in [-0.4, -0.2) is 33.0 Å². The highest BCUT2D eigenvalue weighted by molar-refractivity contribution is 5.96. The molecule has 0 aliphatic rings. The van der Waals surface area contributed by atoms with Gasteiger partial charge >= 0.3 is 5.97 Å². The van der Waals surface area contributed by atoms with Crippen LogP contribution < -0.4 is 10.1 Å². The van der Waals surface area contributed by atoms with Crippen molar-refractivity contribution in [3.63, 3.8) is 0 Å². The standard InChI is InChI=1S/C17H19N3O4/c1-11(2)8-14(17(22)23)20-16(21)12-4-3-5-13(9-12)24-15-10-18-6-7-19-15/h3-7,9-11,14H,8H2,1-2H3,(H,20,21)(H,22,23)/t14-/m1/s1. The zero-order chi connectivity index (χ0) is 17.5. The molecule has 0 unspecified atom stereocenters. The average Bonchev–Trinajstić information content (AvgIpc) is 2.55. The lowest BCUT2D eigenvalue weighted by Crippen LogP contribution is -2.41. The van der Waals surface area contributed by atoms with Crippen LogP contribution in [0.5, 0.6) is 11.6 Å². The topological polar surface area (TPSA) is 101 Å². The molecule has 1 amide bonds. The fourth-order valence-electron chi connectivity index (χ4n) is 2.09. The number of ether oxygens (including phenoxy) is 1. The first-order chi connectivity index (χ1) is 11.5. The SMILES string of the molecule is CC(C)C[C@@H](NC(=O)c1cccc(Oc2cnccn2)c1)C(=O)O. The quantitative estimate of drug-likeness (QED) is 0.809. The van der Waals surface area contributed by atoms with Crippen LogP contribution in [0.25, 0.3) is 0 Å². The van der Waals surface area contributed by atoms with Crippen LogP contribution in [0, 0.1) is 5.92 Å². The highest BCUT2D eigenvalue weighted by atomic mass is 16.5. The van der Waals surface area contributed by atoms with E-state index in [0.29, 0.717) is 23.6 Å². The van der Waals surface area contributed by atoms with Crippen molar-refractivity contribution in [1.82, 2.24) is 15.3 Å². The zero-order valence-electron chi connectivity index (χ0n) is 13.5. The number of carbonyl (C=O) groups excluding carboxylic acids is 1. The molecule has 7 nitrogen and oxygen atoms in total. The van der Waals surface area contributed by atoms with Gasteiger partial charge in [-0.25, -0.2) is 9.78 Å². The number of hydrogen-bond donors (Lipinski definition) is 2. The number of amides is 1. The molecule has 0 fully saturated rings. The highest BCUT2D eigenvalue weighted by Crippen LogP contribution is 2.19. The summed E-state index contributed by atoms with van der Waals surface area (Å²) >= 11 is 0. The Kier molecular flexibility index (Phi) is 5.83. The lowest BCUT2D eigenvalue weighted by Gasteiger charge is -2.16. The maximum atomic E-state index is 12.3. The Morgan fingerprint density at radius 3 is 2.71 bits per heavy atom. The molecule has 7 heteroatoms. The molecule has 0 saturated carbocycles. The Morgan fingerprint density at radius 2 is 2.08 bits per heavy atom. The number of carboxylic acid groups (broad SMARTS) is 1. The van der Waals surface area contributed by atoms with Crippen LogP contribution in [0.4, 0.5) is 0 Å². The van der Waals surface area contributed by atoms with Crippen molar-refractivity contribution in [1.29, 1.82) is 0 Å². The van der Waals surface area contributed by atoms with E-state index in [9.17, 15) is 14.7 Å². The van der Waals surface area contributed by atoms with Gasteiger partial charge in [0.2, 0.25) is 5.88 Å². The van der Waals surface area contributed by atoms with Gasteiger partial charge in [0, 0.05) is 18.0 Å². The summed E-state index contributed by atoms with van der Waals surface area (Å²) in [6.07, 6.45) is 4.83. The summed E-state index contributed by atoms with van der Waals surface area (Å²) in [5, 5.41) is 11.7. The Balaban J connectivity index is 2.09. The van der Waals surface area contributed by atoms with E-state index in [1.54, 1.807) is 18.2 Å². The number of nitrogens with zero attached hydrogens (tertiary/aromatic N) is 2. The molecule has 24 heavy (non-hydrogen) atoms. The van der Waals surface area contributed by atoms with E-state index in [2.05, 4.69) is 15.3 Å². The number of carboxylic acids is 1. The van der Waals surface area contributed by atoms with E-state index in [0.717, 1.165) is 0 Å². The molecule has 1 aromatic carbocycles. The van der Waals surface area contributed by atoms with E-state index in [-0.39, 0.29) is 5.92 Å². The molecular formula is C17H19N3O4. The Labute approximate surface area is 139 Å². The number of rotatable bonds is 7. The Hall–Kier alpha value is -2.96. The van der Waals surface area contributed by atoms with Gasteiger partial charge in [-0.1, -0.05) is 19.9 Å². The molecular weight excluding hydrogens is 310 g/mol. The summed E-state index contributed by atoms with van der Waals surface area (Å²) in [6.45, 7) is 3.80. The van der Waals surface area contributed by atoms with E-state index in [1.807, 2.05) is 13.8 Å². The molecule has 0 aliphatic heterocycles. The number of carbonyl (C=O) groups is 2. The minimum Gasteiger partial charge on any atom is -0.480 e. The van der Waals surface area contributed by atoms with Crippen molar-refractivity contribution in [3.8, 4) is 11.6 Å². The van der Waals surface area contributed by atoms with Crippen LogP contribution in [0.2, 0.25) is 0 Å². The van der Waals surface area contributed by atoms with Gasteiger partial charge < -0.3 is 15.2 Å². The fourth-order valence-corrected chi connectivity index (χ4v) is 2.09. The molecule has 2 N–H and O–H groups in total. The number of nitrogens with one attached hydrogen (secondary N) is 1. The minimum atomic E-state index is -1.05. The van der Waals surface area contributed by atoms with E-state index < -0.39 is 17.9 Å². The lowest BCUT2D eigenvalue weighted by molar-refractivity contribution is -0.139. The average molecular weight is 329 g/mol. The predicted molar refractivity (Wildman–Crippen MR) is 86.9 cm³/mol. The minimum absolute atomic E-state index is 0.151. The summed E-state index contributed by atoms with van der Waals surface area (Å²) in [5.41, 5.74) is 0.311. The fraction of sp³-hybridized carbons (Fsp3) is 0.294. The molecule has 0 spiro atoms. The molecule has 1 heterocycles. The van der Waals surface area contributed by atoms with Crippen molar-refractivity contribution in [3.05, 3.63) is 48.4 Å². The third-order valence-electron chi connectivity index (χ3n) is 3.17. The van der Waals surface area contributed by atoms with Gasteiger partial charge in [0.1, 0.15) is 11.8 Å². The van der Waals surface area contributed by atoms with E-state index >= 15 is 0 Å². The van der Waals surface area contributed by atoms with Gasteiger partial charge in [-0.15, -0.1) is 0 Å². The first-order valence-electron chi connectivity index (χ1n) is 7.53. The van der Waals surface area contributed by atoms with Crippen molar-refractivity contribution in [2.75, 3.05) is 0 Å². The summed E-state index contributed by atoms with van der Waals surface area (Å²) in [6, 6.07) is 5.51. The van der Waals surface area contributed by atoms with Crippen molar-refractivity contribution in [2.24, 2.45) is 5.92 Å². The molecule has 1 atom stereocenters. The van der Waals surface area contributed by atoms with E-state index in [4.69, 9.17) is 4.74 Å². The molecule has 0 bridgehead atoms.